The standard InChI is InChI=1S/C43H34N4O16S8/c1-20-16-64-40(44-20)42-46-30(18-66-42)15-62-38-26-3-22-7-31(68(50,51)52)9-24(36(22)48)5-28-13-34(71(59,60)61)14-29(39(28)63-35-19-67-43(47-35)41-45-21(2)17-65-41)6-25-10-32(69(53,54)55)8-23(37(25)49)4-27(38)12-33(11-26)70(56,57)58/h7-14,16-19,48-49H,3-6,15H2,1-2H3,(H,50,51,52)(H,53,54,55)(H,56,57,58)(H,59,60,61). The molecule has 20 nitrogen and oxygen atoms in total. The molecule has 0 saturated heterocycles. The first kappa shape index (κ1) is 50.2. The Morgan fingerprint density at radius 2 is 0.775 bits per heavy atom. The SMILES string of the molecule is Cc1csc(-c2nc(COc3c4cc(S(=O)(=O)O)cc3Cc3cc(S(=O)(=O)O)cc(c3O)Cc3cc(S(=O)(=O)O)cc(c3Oc3csc(-c5nc(C)cs5)n3)Cc3cc(S(=O)(=O)O)cc(c3O)C4)cs2)n1. The van der Waals surface area contributed by atoms with E-state index in [0.29, 0.717) is 31.4 Å². The van der Waals surface area contributed by atoms with E-state index in [9.17, 15) is 62.1 Å². The van der Waals surface area contributed by atoms with Crippen molar-refractivity contribution in [1.82, 2.24) is 19.9 Å². The predicted molar refractivity (Wildman–Crippen MR) is 260 cm³/mol. The second-order valence-corrected chi connectivity index (χ2v) is 25.2. The number of rotatable bonds is 11. The maximum absolute atomic E-state index is 13.0. The van der Waals surface area contributed by atoms with Gasteiger partial charge >= 0.3 is 0 Å². The van der Waals surface area contributed by atoms with E-state index >= 15 is 0 Å². The molecule has 0 fully saturated rings. The molecule has 0 unspecified atom stereocenters. The summed E-state index contributed by atoms with van der Waals surface area (Å²) in [5.41, 5.74) is 0.0895. The number of phenolic OH excluding ortho intramolecular Hbond substituents is 2. The van der Waals surface area contributed by atoms with Gasteiger partial charge in [-0.1, -0.05) is 0 Å². The first-order valence-electron chi connectivity index (χ1n) is 20.2. The van der Waals surface area contributed by atoms with Crippen LogP contribution in [0.5, 0.6) is 28.9 Å². The number of fused-ring (bicyclic) bond motifs is 8. The van der Waals surface area contributed by atoms with Gasteiger partial charge in [-0.2, -0.15) is 38.7 Å². The lowest BCUT2D eigenvalue weighted by Gasteiger charge is -2.22. The summed E-state index contributed by atoms with van der Waals surface area (Å²) < 4.78 is 158. The largest absolute Gasteiger partial charge is 0.507 e. The lowest BCUT2D eigenvalue weighted by atomic mass is 9.91. The van der Waals surface area contributed by atoms with Crippen molar-refractivity contribution >= 4 is 85.8 Å². The quantitative estimate of drug-likeness (QED) is 0.0670. The topological polar surface area (TPSA) is 328 Å². The van der Waals surface area contributed by atoms with E-state index in [1.807, 2.05) is 12.3 Å². The zero-order chi connectivity index (χ0) is 50.9. The van der Waals surface area contributed by atoms with Crippen LogP contribution in [-0.4, -0.2) is 82.0 Å². The van der Waals surface area contributed by atoms with Gasteiger partial charge in [0, 0.05) is 97.7 Å². The summed E-state index contributed by atoms with van der Waals surface area (Å²) in [4.78, 5) is 15.0. The molecule has 71 heavy (non-hydrogen) atoms. The van der Waals surface area contributed by atoms with Crippen LogP contribution in [0.25, 0.3) is 20.0 Å². The van der Waals surface area contributed by atoms with Crippen LogP contribution in [0, 0.1) is 13.8 Å². The molecule has 4 aromatic heterocycles. The highest BCUT2D eigenvalue weighted by Crippen LogP contribution is 2.43. The molecule has 8 aromatic rings. The van der Waals surface area contributed by atoms with Gasteiger partial charge in [0.1, 0.15) is 29.6 Å². The number of aromatic nitrogens is 4. The molecular formula is C43H34N4O16S8. The lowest BCUT2D eigenvalue weighted by molar-refractivity contribution is 0.296. The van der Waals surface area contributed by atoms with Crippen LogP contribution in [0.3, 0.4) is 0 Å². The van der Waals surface area contributed by atoms with Gasteiger partial charge in [0.25, 0.3) is 40.5 Å². The minimum atomic E-state index is -5.11. The van der Waals surface area contributed by atoms with Crippen LogP contribution in [-0.2, 0) is 72.8 Å². The maximum atomic E-state index is 13.0. The highest BCUT2D eigenvalue weighted by Gasteiger charge is 2.29. The smallest absolute Gasteiger partial charge is 0.294 e. The Balaban J connectivity index is 1.30. The Morgan fingerprint density at radius 1 is 0.451 bits per heavy atom. The number of hydrogen-bond donors (Lipinski definition) is 6. The molecule has 9 rings (SSSR count). The minimum absolute atomic E-state index is 0.0737. The molecule has 1 aliphatic carbocycles. The molecular weight excluding hydrogens is 1090 g/mol. The number of aromatic hydroxyl groups is 2. The van der Waals surface area contributed by atoms with Crippen LogP contribution in [0.2, 0.25) is 0 Å². The first-order valence-corrected chi connectivity index (χ1v) is 29.5. The molecule has 0 atom stereocenters. The van der Waals surface area contributed by atoms with Gasteiger partial charge in [-0.05, 0) is 62.4 Å². The molecule has 6 N–H and O–H groups in total. The minimum Gasteiger partial charge on any atom is -0.507 e. The monoisotopic (exact) mass is 1120 g/mol. The Kier molecular flexibility index (Phi) is 13.2. The number of benzene rings is 4. The molecule has 1 aliphatic rings. The Bertz CT molecular complexity index is 3800. The lowest BCUT2D eigenvalue weighted by Crippen LogP contribution is -2.10. The summed E-state index contributed by atoms with van der Waals surface area (Å²) in [7, 11) is -20.4. The molecule has 0 saturated carbocycles. The van der Waals surface area contributed by atoms with E-state index in [2.05, 4.69) is 19.9 Å². The highest BCUT2D eigenvalue weighted by atomic mass is 32.2. The zero-order valence-electron chi connectivity index (χ0n) is 36.3. The third-order valence-electron chi connectivity index (χ3n) is 10.8. The van der Waals surface area contributed by atoms with Crippen molar-refractivity contribution in [2.24, 2.45) is 0 Å². The zero-order valence-corrected chi connectivity index (χ0v) is 42.8. The van der Waals surface area contributed by atoms with Gasteiger partial charge in [-0.25, -0.2) is 15.0 Å². The fraction of sp³-hybridized carbons (Fsp3) is 0.163. The Labute approximate surface area is 420 Å². The fourth-order valence-corrected chi connectivity index (χ4v) is 13.3. The summed E-state index contributed by atoms with van der Waals surface area (Å²) in [6, 6.07) is 7.44. The number of hydrogen-bond acceptors (Lipinski definition) is 20. The van der Waals surface area contributed by atoms with E-state index in [4.69, 9.17) is 9.47 Å². The molecule has 0 amide bonds. The molecule has 8 bridgehead atoms. The Morgan fingerprint density at radius 3 is 1.14 bits per heavy atom. The first-order chi connectivity index (χ1) is 33.3. The third-order valence-corrected chi connectivity index (χ3v) is 18.1. The van der Waals surface area contributed by atoms with Gasteiger partial charge in [-0.3, -0.25) is 18.2 Å². The summed E-state index contributed by atoms with van der Waals surface area (Å²) in [5, 5.41) is 33.1. The van der Waals surface area contributed by atoms with Crippen molar-refractivity contribution < 1.29 is 71.6 Å². The van der Waals surface area contributed by atoms with E-state index < -0.39 is 97.2 Å². The van der Waals surface area contributed by atoms with E-state index in [-0.39, 0.29) is 68.5 Å². The van der Waals surface area contributed by atoms with E-state index in [1.54, 1.807) is 17.7 Å². The number of nitrogens with zero attached hydrogens (tertiary/aromatic N) is 4. The number of thiazole rings is 4. The highest BCUT2D eigenvalue weighted by molar-refractivity contribution is 7.86. The molecule has 0 aliphatic heterocycles. The van der Waals surface area contributed by atoms with E-state index in [0.717, 1.165) is 65.6 Å². The van der Waals surface area contributed by atoms with Crippen molar-refractivity contribution in [3.8, 4) is 48.9 Å². The average molecular weight is 1120 g/mol. The molecule has 0 spiro atoms. The molecule has 370 valence electrons. The van der Waals surface area contributed by atoms with Gasteiger partial charge in [0.05, 0.1) is 30.7 Å². The van der Waals surface area contributed by atoms with Crippen LogP contribution in [0.1, 0.15) is 61.6 Å². The summed E-state index contributed by atoms with van der Waals surface area (Å²) >= 11 is 5.04. The summed E-state index contributed by atoms with van der Waals surface area (Å²) in [5.74, 6) is -1.73. The van der Waals surface area contributed by atoms with E-state index in [1.165, 1.54) is 39.4 Å². The maximum Gasteiger partial charge on any atom is 0.294 e. The second kappa shape index (κ2) is 18.7. The van der Waals surface area contributed by atoms with Gasteiger partial charge in [-0.15, -0.1) is 45.3 Å². The average Bonchev–Trinajstić information content (AvgIpc) is 4.11. The predicted octanol–water partition coefficient (Wildman–Crippen LogP) is 7.91. The van der Waals surface area contributed by atoms with Gasteiger partial charge in [0.2, 0.25) is 5.88 Å². The van der Waals surface area contributed by atoms with Crippen molar-refractivity contribution in [3.05, 3.63) is 132 Å². The second-order valence-electron chi connectivity index (χ2n) is 16.0. The van der Waals surface area contributed by atoms with Crippen molar-refractivity contribution in [3.63, 3.8) is 0 Å². The number of phenols is 2. The van der Waals surface area contributed by atoms with Crippen LogP contribution in [0.4, 0.5) is 0 Å². The Hall–Kier alpha value is -5.76. The molecule has 28 heteroatoms. The van der Waals surface area contributed by atoms with Crippen molar-refractivity contribution in [2.45, 2.75) is 65.7 Å². The fourth-order valence-electron chi connectivity index (χ4n) is 7.73. The van der Waals surface area contributed by atoms with Gasteiger partial charge in [0.15, 0.2) is 20.0 Å². The normalized spacial score (nSPS) is 13.3. The van der Waals surface area contributed by atoms with Crippen LogP contribution >= 0.6 is 45.3 Å². The van der Waals surface area contributed by atoms with Crippen molar-refractivity contribution in [2.75, 3.05) is 0 Å². The molecule has 0 radical (unpaired) electrons. The van der Waals surface area contributed by atoms with Crippen molar-refractivity contribution in [1.29, 1.82) is 0 Å². The van der Waals surface area contributed by atoms with Crippen LogP contribution in [0.15, 0.2) is 89.6 Å². The third kappa shape index (κ3) is 10.9. The molecule has 4 aromatic carbocycles. The summed E-state index contributed by atoms with van der Waals surface area (Å²) in [6.45, 7) is 3.28. The number of ether oxygens (including phenoxy) is 2. The molecule has 4 heterocycles. The number of aryl methyl sites for hydroxylation is 2. The van der Waals surface area contributed by atoms with Gasteiger partial charge < -0.3 is 19.7 Å². The van der Waals surface area contributed by atoms with Crippen LogP contribution < -0.4 is 9.47 Å². The summed E-state index contributed by atoms with van der Waals surface area (Å²) in [6.07, 6.45) is -2.50.